The standard InChI is InChI=1S/C19H25N3O3/c1-6-25-19(24)16-12(2)17(21-13(16)3)18(23)20-11-14-7-9-15(10-8-14)22(4)5/h7-10,21H,6,11H2,1-5H3,(H,20,23). The van der Waals surface area contributed by atoms with E-state index in [9.17, 15) is 9.59 Å². The van der Waals surface area contributed by atoms with Gasteiger partial charge in [-0.15, -0.1) is 0 Å². The Morgan fingerprint density at radius 2 is 1.80 bits per heavy atom. The number of anilines is 1. The van der Waals surface area contributed by atoms with Crippen LogP contribution in [0.3, 0.4) is 0 Å². The van der Waals surface area contributed by atoms with Crippen LogP contribution in [0.1, 0.15) is 44.6 Å². The van der Waals surface area contributed by atoms with Crippen LogP contribution in [0.2, 0.25) is 0 Å². The zero-order chi connectivity index (χ0) is 18.6. The molecule has 1 aromatic carbocycles. The second-order valence-corrected chi connectivity index (χ2v) is 6.09. The van der Waals surface area contributed by atoms with E-state index in [2.05, 4.69) is 10.3 Å². The van der Waals surface area contributed by atoms with E-state index in [1.54, 1.807) is 20.8 Å². The number of aromatic amines is 1. The van der Waals surface area contributed by atoms with Crippen molar-refractivity contribution in [2.24, 2.45) is 0 Å². The molecule has 6 heteroatoms. The van der Waals surface area contributed by atoms with Crippen LogP contribution in [0, 0.1) is 13.8 Å². The van der Waals surface area contributed by atoms with Crippen molar-refractivity contribution in [3.8, 4) is 0 Å². The summed E-state index contributed by atoms with van der Waals surface area (Å²) in [5.41, 5.74) is 4.18. The molecule has 0 aliphatic carbocycles. The van der Waals surface area contributed by atoms with E-state index in [1.165, 1.54) is 0 Å². The van der Waals surface area contributed by atoms with E-state index in [0.717, 1.165) is 11.3 Å². The summed E-state index contributed by atoms with van der Waals surface area (Å²) in [5.74, 6) is -0.653. The Balaban J connectivity index is 2.08. The average Bonchev–Trinajstić information content (AvgIpc) is 2.88. The van der Waals surface area contributed by atoms with E-state index < -0.39 is 5.97 Å². The Morgan fingerprint density at radius 3 is 2.36 bits per heavy atom. The molecular weight excluding hydrogens is 318 g/mol. The van der Waals surface area contributed by atoms with Crippen LogP contribution >= 0.6 is 0 Å². The summed E-state index contributed by atoms with van der Waals surface area (Å²) >= 11 is 0. The Hall–Kier alpha value is -2.76. The fourth-order valence-electron chi connectivity index (χ4n) is 2.67. The number of nitrogens with one attached hydrogen (secondary N) is 2. The molecule has 6 nitrogen and oxygen atoms in total. The molecule has 1 heterocycles. The topological polar surface area (TPSA) is 74.4 Å². The number of ether oxygens (including phenoxy) is 1. The van der Waals surface area contributed by atoms with Gasteiger partial charge < -0.3 is 19.9 Å². The van der Waals surface area contributed by atoms with E-state index in [0.29, 0.717) is 35.7 Å². The van der Waals surface area contributed by atoms with Crippen LogP contribution in [0.25, 0.3) is 0 Å². The number of hydrogen-bond donors (Lipinski definition) is 2. The third kappa shape index (κ3) is 4.21. The predicted octanol–water partition coefficient (Wildman–Crippen LogP) is 2.80. The van der Waals surface area contributed by atoms with Gasteiger partial charge in [-0.2, -0.15) is 0 Å². The minimum absolute atomic E-state index is 0.243. The van der Waals surface area contributed by atoms with E-state index >= 15 is 0 Å². The maximum Gasteiger partial charge on any atom is 0.340 e. The highest BCUT2D eigenvalue weighted by atomic mass is 16.5. The van der Waals surface area contributed by atoms with Gasteiger partial charge in [-0.3, -0.25) is 4.79 Å². The van der Waals surface area contributed by atoms with Gasteiger partial charge in [-0.25, -0.2) is 4.79 Å². The number of hydrogen-bond acceptors (Lipinski definition) is 4. The molecule has 0 saturated carbocycles. The Bertz CT molecular complexity index is 761. The van der Waals surface area contributed by atoms with Gasteiger partial charge in [0, 0.05) is 32.0 Å². The molecule has 1 amide bonds. The summed E-state index contributed by atoms with van der Waals surface area (Å²) in [7, 11) is 3.96. The minimum atomic E-state index is -0.410. The molecule has 0 saturated heterocycles. The third-order valence-corrected chi connectivity index (χ3v) is 4.05. The first-order valence-electron chi connectivity index (χ1n) is 8.25. The third-order valence-electron chi connectivity index (χ3n) is 4.05. The molecular formula is C19H25N3O3. The summed E-state index contributed by atoms with van der Waals surface area (Å²) in [4.78, 5) is 29.5. The number of carbonyl (C=O) groups excluding carboxylic acids is 2. The number of benzene rings is 1. The predicted molar refractivity (Wildman–Crippen MR) is 98.2 cm³/mol. The van der Waals surface area contributed by atoms with Crippen LogP contribution in [0.15, 0.2) is 24.3 Å². The quantitative estimate of drug-likeness (QED) is 0.791. The molecule has 0 fully saturated rings. The minimum Gasteiger partial charge on any atom is -0.462 e. The number of H-pyrrole nitrogens is 1. The first-order chi connectivity index (χ1) is 11.8. The zero-order valence-corrected chi connectivity index (χ0v) is 15.4. The van der Waals surface area contributed by atoms with Crippen molar-refractivity contribution in [2.45, 2.75) is 27.3 Å². The summed E-state index contributed by atoms with van der Waals surface area (Å²) in [6.07, 6.45) is 0. The molecule has 134 valence electrons. The van der Waals surface area contributed by atoms with Gasteiger partial charge in [0.15, 0.2) is 0 Å². The molecule has 0 aliphatic heterocycles. The largest absolute Gasteiger partial charge is 0.462 e. The normalized spacial score (nSPS) is 10.4. The molecule has 2 N–H and O–H groups in total. The van der Waals surface area contributed by atoms with E-state index in [4.69, 9.17) is 4.74 Å². The van der Waals surface area contributed by atoms with Crippen LogP contribution in [0.4, 0.5) is 5.69 Å². The maximum absolute atomic E-state index is 12.5. The van der Waals surface area contributed by atoms with Crippen molar-refractivity contribution in [1.82, 2.24) is 10.3 Å². The molecule has 25 heavy (non-hydrogen) atoms. The highest BCUT2D eigenvalue weighted by Gasteiger charge is 2.22. The van der Waals surface area contributed by atoms with Gasteiger partial charge in [0.2, 0.25) is 0 Å². The molecule has 0 spiro atoms. The van der Waals surface area contributed by atoms with E-state index in [-0.39, 0.29) is 5.91 Å². The fourth-order valence-corrected chi connectivity index (χ4v) is 2.67. The Labute approximate surface area is 148 Å². The van der Waals surface area contributed by atoms with E-state index in [1.807, 2.05) is 43.3 Å². The molecule has 2 aromatic rings. The lowest BCUT2D eigenvalue weighted by Gasteiger charge is -2.13. The first kappa shape index (κ1) is 18.6. The summed E-state index contributed by atoms with van der Waals surface area (Å²) < 4.78 is 5.05. The number of aryl methyl sites for hydroxylation is 1. The van der Waals surface area contributed by atoms with Crippen molar-refractivity contribution in [1.29, 1.82) is 0 Å². The van der Waals surface area contributed by atoms with Crippen LogP contribution in [0.5, 0.6) is 0 Å². The van der Waals surface area contributed by atoms with Crippen LogP contribution < -0.4 is 10.2 Å². The number of aromatic nitrogens is 1. The van der Waals surface area contributed by atoms with Gasteiger partial charge in [0.1, 0.15) is 5.69 Å². The van der Waals surface area contributed by atoms with Gasteiger partial charge in [-0.05, 0) is 44.0 Å². The number of esters is 1. The number of nitrogens with zero attached hydrogens (tertiary/aromatic N) is 1. The van der Waals surface area contributed by atoms with Gasteiger partial charge >= 0.3 is 5.97 Å². The highest BCUT2D eigenvalue weighted by molar-refractivity contribution is 6.00. The highest BCUT2D eigenvalue weighted by Crippen LogP contribution is 2.19. The smallest absolute Gasteiger partial charge is 0.340 e. The monoisotopic (exact) mass is 343 g/mol. The summed E-state index contributed by atoms with van der Waals surface area (Å²) in [6.45, 7) is 5.98. The molecule has 1 aromatic heterocycles. The second kappa shape index (κ2) is 7.88. The summed E-state index contributed by atoms with van der Waals surface area (Å²) in [6, 6.07) is 7.97. The average molecular weight is 343 g/mol. The van der Waals surface area contributed by atoms with Crippen molar-refractivity contribution in [3.05, 3.63) is 52.3 Å². The van der Waals surface area contributed by atoms with Crippen molar-refractivity contribution in [2.75, 3.05) is 25.6 Å². The SMILES string of the molecule is CCOC(=O)c1c(C)[nH]c(C(=O)NCc2ccc(N(C)C)cc2)c1C. The van der Waals surface area contributed by atoms with Gasteiger partial charge in [-0.1, -0.05) is 12.1 Å². The molecule has 0 aliphatic rings. The number of rotatable bonds is 6. The zero-order valence-electron chi connectivity index (χ0n) is 15.4. The fraction of sp³-hybridized carbons (Fsp3) is 0.368. The lowest BCUT2D eigenvalue weighted by atomic mass is 10.1. The van der Waals surface area contributed by atoms with Crippen molar-refractivity contribution < 1.29 is 14.3 Å². The molecule has 0 radical (unpaired) electrons. The molecule has 0 atom stereocenters. The lowest BCUT2D eigenvalue weighted by molar-refractivity contribution is 0.0525. The molecule has 0 bridgehead atoms. The van der Waals surface area contributed by atoms with Crippen LogP contribution in [-0.2, 0) is 11.3 Å². The number of amides is 1. The van der Waals surface area contributed by atoms with Crippen molar-refractivity contribution >= 4 is 17.6 Å². The van der Waals surface area contributed by atoms with Crippen LogP contribution in [-0.4, -0.2) is 37.6 Å². The van der Waals surface area contributed by atoms with Gasteiger partial charge in [0.25, 0.3) is 5.91 Å². The number of carbonyl (C=O) groups is 2. The Kier molecular flexibility index (Phi) is 5.85. The molecule has 2 rings (SSSR count). The lowest BCUT2D eigenvalue weighted by Crippen LogP contribution is -2.24. The summed E-state index contributed by atoms with van der Waals surface area (Å²) in [5, 5.41) is 2.88. The van der Waals surface area contributed by atoms with Gasteiger partial charge in [0.05, 0.1) is 12.2 Å². The second-order valence-electron chi connectivity index (χ2n) is 6.09. The molecule has 0 unspecified atom stereocenters. The Morgan fingerprint density at radius 1 is 1.16 bits per heavy atom. The first-order valence-corrected chi connectivity index (χ1v) is 8.25. The maximum atomic E-state index is 12.5. The van der Waals surface area contributed by atoms with Crippen molar-refractivity contribution in [3.63, 3.8) is 0 Å².